The molecule has 1 aromatic heterocycles. The summed E-state index contributed by atoms with van der Waals surface area (Å²) < 4.78 is 1.31. The first-order valence-corrected chi connectivity index (χ1v) is 4.62. The molecule has 0 atom stereocenters. The Labute approximate surface area is 87.5 Å². The van der Waals surface area contributed by atoms with Crippen molar-refractivity contribution in [3.05, 3.63) is 21.9 Å². The molecule has 0 N–H and O–H groups in total. The summed E-state index contributed by atoms with van der Waals surface area (Å²) in [6.45, 7) is 5.16. The number of hydrogen-bond donors (Lipinski definition) is 0. The summed E-state index contributed by atoms with van der Waals surface area (Å²) in [6.07, 6.45) is 2.21. The first-order chi connectivity index (χ1) is 7.11. The minimum Gasteiger partial charge on any atom is -0.301 e. The molecule has 15 heavy (non-hydrogen) atoms. The molecule has 1 rings (SSSR count). The monoisotopic (exact) mass is 207 g/mol. The van der Waals surface area contributed by atoms with E-state index >= 15 is 0 Å². The fourth-order valence-electron chi connectivity index (χ4n) is 1.35. The SMILES string of the molecule is CC=Nc1c(C)nc(C)n(CC=O)c1=O. The molecule has 0 radical (unpaired) electrons. The normalized spacial score (nSPS) is 10.9. The third-order valence-electron chi connectivity index (χ3n) is 2.03. The molecule has 80 valence electrons. The van der Waals surface area contributed by atoms with E-state index in [9.17, 15) is 9.59 Å². The zero-order valence-corrected chi connectivity index (χ0v) is 9.02. The summed E-state index contributed by atoms with van der Waals surface area (Å²) in [5.41, 5.74) is 0.605. The molecule has 0 aliphatic heterocycles. The lowest BCUT2D eigenvalue weighted by atomic mass is 10.3. The van der Waals surface area contributed by atoms with Gasteiger partial charge in [-0.15, -0.1) is 0 Å². The molecule has 0 fully saturated rings. The Kier molecular flexibility index (Phi) is 3.49. The van der Waals surface area contributed by atoms with Crippen LogP contribution in [0.25, 0.3) is 0 Å². The molecular weight excluding hydrogens is 194 g/mol. The average Bonchev–Trinajstić information content (AvgIpc) is 2.19. The van der Waals surface area contributed by atoms with Gasteiger partial charge in [-0.1, -0.05) is 0 Å². The van der Waals surface area contributed by atoms with Gasteiger partial charge in [-0.3, -0.25) is 14.4 Å². The lowest BCUT2D eigenvalue weighted by Gasteiger charge is -2.08. The second-order valence-corrected chi connectivity index (χ2v) is 3.06. The van der Waals surface area contributed by atoms with Gasteiger partial charge >= 0.3 is 0 Å². The van der Waals surface area contributed by atoms with Crippen LogP contribution in [0.2, 0.25) is 0 Å². The summed E-state index contributed by atoms with van der Waals surface area (Å²) in [5, 5.41) is 0. The Morgan fingerprint density at radius 1 is 1.47 bits per heavy atom. The Bertz CT molecular complexity index is 460. The van der Waals surface area contributed by atoms with E-state index in [0.717, 1.165) is 0 Å². The van der Waals surface area contributed by atoms with Crippen molar-refractivity contribution in [2.24, 2.45) is 4.99 Å². The van der Waals surface area contributed by atoms with Crippen molar-refractivity contribution in [3.8, 4) is 0 Å². The van der Waals surface area contributed by atoms with Crippen LogP contribution in [0.5, 0.6) is 0 Å². The van der Waals surface area contributed by atoms with Gasteiger partial charge in [0, 0.05) is 6.21 Å². The summed E-state index contributed by atoms with van der Waals surface area (Å²) in [7, 11) is 0. The van der Waals surface area contributed by atoms with Gasteiger partial charge in [-0.2, -0.15) is 0 Å². The second kappa shape index (κ2) is 4.63. The van der Waals surface area contributed by atoms with Crippen molar-refractivity contribution in [1.82, 2.24) is 9.55 Å². The lowest BCUT2D eigenvalue weighted by molar-refractivity contribution is -0.108. The van der Waals surface area contributed by atoms with Gasteiger partial charge in [0.1, 0.15) is 17.8 Å². The van der Waals surface area contributed by atoms with E-state index in [-0.39, 0.29) is 12.1 Å². The van der Waals surface area contributed by atoms with Gasteiger partial charge in [0.25, 0.3) is 5.56 Å². The van der Waals surface area contributed by atoms with Crippen molar-refractivity contribution in [3.63, 3.8) is 0 Å². The van der Waals surface area contributed by atoms with Gasteiger partial charge in [0.15, 0.2) is 0 Å². The predicted molar refractivity (Wildman–Crippen MR) is 57.9 cm³/mol. The maximum Gasteiger partial charge on any atom is 0.280 e. The standard InChI is InChI=1S/C10H13N3O2/c1-4-11-9-7(2)12-8(3)13(5-6-14)10(9)15/h4,6H,5H2,1-3H3. The number of carbonyl (C=O) groups excluding carboxylic acids is 1. The van der Waals surface area contributed by atoms with Crippen LogP contribution in [0.15, 0.2) is 9.79 Å². The van der Waals surface area contributed by atoms with Gasteiger partial charge in [0.05, 0.1) is 12.2 Å². The van der Waals surface area contributed by atoms with E-state index in [4.69, 9.17) is 0 Å². The van der Waals surface area contributed by atoms with Gasteiger partial charge < -0.3 is 4.79 Å². The number of aldehydes is 1. The molecule has 0 unspecified atom stereocenters. The number of carbonyl (C=O) groups is 1. The van der Waals surface area contributed by atoms with Gasteiger partial charge in [-0.05, 0) is 20.8 Å². The molecule has 1 heterocycles. The molecule has 0 aromatic carbocycles. The van der Waals surface area contributed by atoms with E-state index in [1.165, 1.54) is 10.8 Å². The van der Waals surface area contributed by atoms with Gasteiger partial charge in [-0.25, -0.2) is 4.98 Å². The second-order valence-electron chi connectivity index (χ2n) is 3.06. The van der Waals surface area contributed by atoms with Crippen LogP contribution in [0.4, 0.5) is 5.69 Å². The van der Waals surface area contributed by atoms with E-state index in [1.54, 1.807) is 20.8 Å². The molecule has 1 aromatic rings. The molecule has 0 bridgehead atoms. The fraction of sp³-hybridized carbons (Fsp3) is 0.400. The molecule has 0 spiro atoms. The van der Waals surface area contributed by atoms with Crippen LogP contribution in [0.3, 0.4) is 0 Å². The van der Waals surface area contributed by atoms with Crippen LogP contribution >= 0.6 is 0 Å². The molecular formula is C10H13N3O2. The Balaban J connectivity index is 3.48. The number of hydrogen-bond acceptors (Lipinski definition) is 4. The number of rotatable bonds is 3. The van der Waals surface area contributed by atoms with Crippen molar-refractivity contribution in [1.29, 1.82) is 0 Å². The molecule has 0 saturated heterocycles. The number of aliphatic imine (C=N–C) groups is 1. The third-order valence-corrected chi connectivity index (χ3v) is 2.03. The molecule has 5 heteroatoms. The summed E-state index contributed by atoms with van der Waals surface area (Å²) in [6, 6.07) is 0. The molecule has 0 aliphatic rings. The van der Waals surface area contributed by atoms with Crippen LogP contribution < -0.4 is 5.56 Å². The Morgan fingerprint density at radius 2 is 2.13 bits per heavy atom. The van der Waals surface area contributed by atoms with Crippen molar-refractivity contribution >= 4 is 18.2 Å². The van der Waals surface area contributed by atoms with Crippen molar-refractivity contribution in [2.75, 3.05) is 0 Å². The van der Waals surface area contributed by atoms with E-state index in [1.807, 2.05) is 0 Å². The highest BCUT2D eigenvalue weighted by Gasteiger charge is 2.09. The minimum atomic E-state index is -0.273. The quantitative estimate of drug-likeness (QED) is 0.543. The number of aromatic nitrogens is 2. The van der Waals surface area contributed by atoms with Crippen LogP contribution in [0.1, 0.15) is 18.4 Å². The topological polar surface area (TPSA) is 64.3 Å². The Hall–Kier alpha value is -1.78. The van der Waals surface area contributed by atoms with Crippen LogP contribution in [0, 0.1) is 13.8 Å². The Morgan fingerprint density at radius 3 is 2.67 bits per heavy atom. The molecule has 0 saturated carbocycles. The highest BCUT2D eigenvalue weighted by Crippen LogP contribution is 2.09. The highest BCUT2D eigenvalue weighted by atomic mass is 16.1. The van der Waals surface area contributed by atoms with E-state index in [2.05, 4.69) is 9.98 Å². The minimum absolute atomic E-state index is 0.0180. The summed E-state index contributed by atoms with van der Waals surface area (Å²) >= 11 is 0. The first-order valence-electron chi connectivity index (χ1n) is 4.62. The smallest absolute Gasteiger partial charge is 0.280 e. The summed E-state index contributed by atoms with van der Waals surface area (Å²) in [5.74, 6) is 0.527. The number of nitrogens with zero attached hydrogens (tertiary/aromatic N) is 3. The van der Waals surface area contributed by atoms with E-state index in [0.29, 0.717) is 23.5 Å². The molecule has 5 nitrogen and oxygen atoms in total. The van der Waals surface area contributed by atoms with Crippen LogP contribution in [-0.2, 0) is 11.3 Å². The zero-order valence-electron chi connectivity index (χ0n) is 9.02. The fourth-order valence-corrected chi connectivity index (χ4v) is 1.35. The predicted octanol–water partition coefficient (Wildman–Crippen LogP) is 0.781. The molecule has 0 aliphatic carbocycles. The van der Waals surface area contributed by atoms with Crippen molar-refractivity contribution in [2.45, 2.75) is 27.3 Å². The van der Waals surface area contributed by atoms with Crippen molar-refractivity contribution < 1.29 is 4.79 Å². The van der Waals surface area contributed by atoms with Crippen LogP contribution in [-0.4, -0.2) is 22.1 Å². The summed E-state index contributed by atoms with van der Waals surface area (Å²) in [4.78, 5) is 30.4. The maximum atomic E-state index is 11.8. The maximum absolute atomic E-state index is 11.8. The number of aryl methyl sites for hydroxylation is 2. The highest BCUT2D eigenvalue weighted by molar-refractivity contribution is 5.61. The average molecular weight is 207 g/mol. The molecule has 0 amide bonds. The zero-order chi connectivity index (χ0) is 11.4. The largest absolute Gasteiger partial charge is 0.301 e. The lowest BCUT2D eigenvalue weighted by Crippen LogP contribution is -2.25. The van der Waals surface area contributed by atoms with E-state index < -0.39 is 0 Å². The van der Waals surface area contributed by atoms with Gasteiger partial charge in [0.2, 0.25) is 0 Å². The first kappa shape index (κ1) is 11.3. The third kappa shape index (κ3) is 2.18.